The summed E-state index contributed by atoms with van der Waals surface area (Å²) in [5, 5.41) is 36.9. The SMILES string of the molecule is N=c1c(/C(N)=N/N=C/c2cc3c(cc2[N+](=O)[O-])OCO3)nc2ccccc2n1O. The maximum Gasteiger partial charge on any atom is 0.282 e. The van der Waals surface area contributed by atoms with Crippen LogP contribution >= 0.6 is 0 Å². The van der Waals surface area contributed by atoms with Gasteiger partial charge in [0.15, 0.2) is 28.5 Å². The van der Waals surface area contributed by atoms with Crippen LogP contribution in [0.5, 0.6) is 11.5 Å². The third-order valence-electron chi connectivity index (χ3n) is 4.10. The number of nitro groups is 1. The number of nitrogens with two attached hydrogens (primary N) is 1. The van der Waals surface area contributed by atoms with E-state index in [1.807, 2.05) is 0 Å². The number of hydrogen-bond donors (Lipinski definition) is 3. The van der Waals surface area contributed by atoms with Crippen LogP contribution in [0.15, 0.2) is 46.6 Å². The molecule has 4 N–H and O–H groups in total. The van der Waals surface area contributed by atoms with Crippen molar-refractivity contribution in [2.24, 2.45) is 15.9 Å². The number of nitro benzene ring substituents is 1. The summed E-state index contributed by atoms with van der Waals surface area (Å²) in [5.74, 6) is 0.367. The van der Waals surface area contributed by atoms with E-state index in [-0.39, 0.29) is 40.8 Å². The van der Waals surface area contributed by atoms with Gasteiger partial charge < -0.3 is 20.4 Å². The summed E-state index contributed by atoms with van der Waals surface area (Å²) in [6.45, 7) is -0.0285. The zero-order chi connectivity index (χ0) is 20.5. The third-order valence-corrected chi connectivity index (χ3v) is 4.10. The van der Waals surface area contributed by atoms with Crippen molar-refractivity contribution in [3.63, 3.8) is 0 Å². The Morgan fingerprint density at radius 3 is 2.83 bits per heavy atom. The van der Waals surface area contributed by atoms with Crippen LogP contribution in [-0.4, -0.2) is 38.7 Å². The summed E-state index contributed by atoms with van der Waals surface area (Å²) in [6, 6.07) is 9.27. The number of amidine groups is 1. The smallest absolute Gasteiger partial charge is 0.282 e. The number of ether oxygens (including phenoxy) is 2. The molecular weight excluding hydrogens is 382 g/mol. The highest BCUT2D eigenvalue weighted by Crippen LogP contribution is 2.37. The topological polar surface area (TPSA) is 174 Å². The maximum atomic E-state index is 11.3. The molecule has 1 aromatic heterocycles. The zero-order valence-corrected chi connectivity index (χ0v) is 14.6. The summed E-state index contributed by atoms with van der Waals surface area (Å²) in [4.78, 5) is 14.9. The van der Waals surface area contributed by atoms with Crippen molar-refractivity contribution < 1.29 is 19.6 Å². The summed E-state index contributed by atoms with van der Waals surface area (Å²) < 4.78 is 11.0. The van der Waals surface area contributed by atoms with Gasteiger partial charge >= 0.3 is 0 Å². The second-order valence-electron chi connectivity index (χ2n) is 5.86. The highest BCUT2D eigenvalue weighted by Gasteiger charge is 2.22. The molecule has 0 atom stereocenters. The van der Waals surface area contributed by atoms with E-state index in [9.17, 15) is 15.3 Å². The monoisotopic (exact) mass is 395 g/mol. The number of aromatic nitrogens is 2. The number of benzene rings is 2. The van der Waals surface area contributed by atoms with E-state index >= 15 is 0 Å². The summed E-state index contributed by atoms with van der Waals surface area (Å²) in [7, 11) is 0. The van der Waals surface area contributed by atoms with Crippen LogP contribution in [0.1, 0.15) is 11.3 Å². The van der Waals surface area contributed by atoms with Crippen LogP contribution in [-0.2, 0) is 0 Å². The molecule has 0 fully saturated rings. The largest absolute Gasteiger partial charge is 0.454 e. The molecule has 2 heterocycles. The first-order chi connectivity index (χ1) is 14.0. The molecule has 3 aromatic rings. The molecule has 12 nitrogen and oxygen atoms in total. The van der Waals surface area contributed by atoms with Gasteiger partial charge in [-0.3, -0.25) is 15.5 Å². The highest BCUT2D eigenvalue weighted by molar-refractivity contribution is 5.97. The lowest BCUT2D eigenvalue weighted by Gasteiger charge is -2.06. The molecule has 0 unspecified atom stereocenters. The van der Waals surface area contributed by atoms with Gasteiger partial charge in [0, 0.05) is 0 Å². The Morgan fingerprint density at radius 2 is 2.07 bits per heavy atom. The van der Waals surface area contributed by atoms with E-state index in [4.69, 9.17) is 20.6 Å². The van der Waals surface area contributed by atoms with Gasteiger partial charge in [0.25, 0.3) is 5.69 Å². The van der Waals surface area contributed by atoms with Crippen molar-refractivity contribution in [3.8, 4) is 11.5 Å². The second-order valence-corrected chi connectivity index (χ2v) is 5.86. The average Bonchev–Trinajstić information content (AvgIpc) is 3.17. The Balaban J connectivity index is 1.71. The molecule has 1 aliphatic heterocycles. The first-order valence-corrected chi connectivity index (χ1v) is 8.16. The molecule has 0 spiro atoms. The number of nitrogens with zero attached hydrogens (tertiary/aromatic N) is 5. The molecular formula is C17H13N7O5. The van der Waals surface area contributed by atoms with Crippen molar-refractivity contribution in [1.29, 1.82) is 5.41 Å². The summed E-state index contributed by atoms with van der Waals surface area (Å²) >= 11 is 0. The minimum Gasteiger partial charge on any atom is -0.454 e. The molecule has 4 rings (SSSR count). The fourth-order valence-electron chi connectivity index (χ4n) is 2.72. The minimum absolute atomic E-state index is 0.0285. The van der Waals surface area contributed by atoms with Gasteiger partial charge in [0.05, 0.1) is 28.3 Å². The Bertz CT molecular complexity index is 1260. The second kappa shape index (κ2) is 6.92. The first-order valence-electron chi connectivity index (χ1n) is 8.16. The minimum atomic E-state index is -0.585. The Hall–Kier alpha value is -4.48. The van der Waals surface area contributed by atoms with E-state index in [0.717, 1.165) is 6.21 Å². The van der Waals surface area contributed by atoms with Crippen LogP contribution in [0.4, 0.5) is 5.69 Å². The van der Waals surface area contributed by atoms with Gasteiger partial charge in [-0.1, -0.05) is 12.1 Å². The molecule has 29 heavy (non-hydrogen) atoms. The molecule has 0 saturated carbocycles. The lowest BCUT2D eigenvalue weighted by molar-refractivity contribution is -0.385. The van der Waals surface area contributed by atoms with Crippen molar-refractivity contribution >= 4 is 28.8 Å². The molecule has 0 bridgehead atoms. The number of hydrogen-bond acceptors (Lipinski definition) is 9. The predicted molar refractivity (Wildman–Crippen MR) is 100 cm³/mol. The van der Waals surface area contributed by atoms with Gasteiger partial charge in [-0.2, -0.15) is 9.83 Å². The summed E-state index contributed by atoms with van der Waals surface area (Å²) in [6.07, 6.45) is 1.13. The quantitative estimate of drug-likeness (QED) is 0.195. The third kappa shape index (κ3) is 3.18. The molecule has 2 aromatic carbocycles. The van der Waals surface area contributed by atoms with Crippen molar-refractivity contribution in [2.45, 2.75) is 0 Å². The van der Waals surface area contributed by atoms with Crippen molar-refractivity contribution in [2.75, 3.05) is 6.79 Å². The van der Waals surface area contributed by atoms with Gasteiger partial charge in [-0.25, -0.2) is 4.98 Å². The zero-order valence-electron chi connectivity index (χ0n) is 14.6. The van der Waals surface area contributed by atoms with Crippen LogP contribution in [0.25, 0.3) is 11.0 Å². The Morgan fingerprint density at radius 1 is 1.34 bits per heavy atom. The van der Waals surface area contributed by atoms with Crippen molar-refractivity contribution in [3.05, 3.63) is 63.3 Å². The molecule has 1 aliphatic rings. The number of rotatable bonds is 4. The van der Waals surface area contributed by atoms with Gasteiger partial charge in [0.1, 0.15) is 5.52 Å². The fraction of sp³-hybridized carbons (Fsp3) is 0.0588. The van der Waals surface area contributed by atoms with E-state index in [1.54, 1.807) is 24.3 Å². The van der Waals surface area contributed by atoms with Crippen LogP contribution < -0.4 is 20.7 Å². The van der Waals surface area contributed by atoms with E-state index in [1.165, 1.54) is 12.1 Å². The van der Waals surface area contributed by atoms with Gasteiger partial charge in [0.2, 0.25) is 6.79 Å². The first kappa shape index (κ1) is 17.9. The lowest BCUT2D eigenvalue weighted by Crippen LogP contribution is -2.31. The molecule has 0 aliphatic carbocycles. The van der Waals surface area contributed by atoms with E-state index in [2.05, 4.69) is 15.2 Å². The molecule has 0 radical (unpaired) electrons. The number of nitrogens with one attached hydrogen (secondary N) is 1. The average molecular weight is 395 g/mol. The highest BCUT2D eigenvalue weighted by atomic mass is 16.7. The number of fused-ring (bicyclic) bond motifs is 2. The molecule has 0 saturated heterocycles. The standard InChI is InChI=1S/C17H13N7O5/c18-16(15-17(19)23(25)11-4-2-1-3-10(11)21-15)22-20-7-9-5-13-14(29-8-28-13)6-12(9)24(26)27/h1-7,19,25H,8H2,(H2,18,22)/b19-17?,20-7+. The van der Waals surface area contributed by atoms with Gasteiger partial charge in [-0.15, -0.1) is 5.10 Å². The van der Waals surface area contributed by atoms with E-state index in [0.29, 0.717) is 21.5 Å². The van der Waals surface area contributed by atoms with Gasteiger partial charge in [-0.05, 0) is 18.2 Å². The van der Waals surface area contributed by atoms with Crippen molar-refractivity contribution in [1.82, 2.24) is 9.71 Å². The number of para-hydroxylation sites is 2. The molecule has 146 valence electrons. The maximum absolute atomic E-state index is 11.3. The van der Waals surface area contributed by atoms with Crippen LogP contribution in [0.3, 0.4) is 0 Å². The normalized spacial score (nSPS) is 13.3. The van der Waals surface area contributed by atoms with Crippen LogP contribution in [0.2, 0.25) is 0 Å². The predicted octanol–water partition coefficient (Wildman–Crippen LogP) is 1.13. The molecule has 0 amide bonds. The van der Waals surface area contributed by atoms with E-state index < -0.39 is 4.92 Å². The fourth-order valence-corrected chi connectivity index (χ4v) is 2.72. The Labute approximate surface area is 161 Å². The van der Waals surface area contributed by atoms with Crippen LogP contribution in [0, 0.1) is 15.5 Å². The lowest BCUT2D eigenvalue weighted by atomic mass is 10.1. The summed E-state index contributed by atoms with van der Waals surface area (Å²) in [5.41, 5.74) is 5.99. The Kier molecular flexibility index (Phi) is 4.27. The molecule has 12 heteroatoms.